The molecule has 1 aromatic heterocycles. The van der Waals surface area contributed by atoms with Crippen LogP contribution in [-0.4, -0.2) is 32.5 Å². The molecule has 1 aromatic rings. The molecule has 6 nitrogen and oxygen atoms in total. The van der Waals surface area contributed by atoms with Crippen LogP contribution in [0.25, 0.3) is 0 Å². The van der Waals surface area contributed by atoms with E-state index in [0.29, 0.717) is 11.3 Å². The van der Waals surface area contributed by atoms with E-state index >= 15 is 0 Å². The Hall–Kier alpha value is -1.69. The summed E-state index contributed by atoms with van der Waals surface area (Å²) < 4.78 is 5.18. The largest absolute Gasteiger partial charge is 0.443 e. The third-order valence-electron chi connectivity index (χ3n) is 2.53. The van der Waals surface area contributed by atoms with Crippen molar-refractivity contribution in [2.75, 3.05) is 0 Å². The Morgan fingerprint density at radius 2 is 2.11 bits per heavy atom. The number of ether oxygens (including phenoxy) is 1. The minimum absolute atomic E-state index is 0.00818. The van der Waals surface area contributed by atoms with Crippen molar-refractivity contribution in [3.63, 3.8) is 0 Å². The maximum Gasteiger partial charge on any atom is 0.417 e. The van der Waals surface area contributed by atoms with Gasteiger partial charge in [0.25, 0.3) is 0 Å². The van der Waals surface area contributed by atoms with Crippen LogP contribution < -0.4 is 0 Å². The maximum absolute atomic E-state index is 11.9. The molecule has 7 heteroatoms. The van der Waals surface area contributed by atoms with Crippen LogP contribution in [0, 0.1) is 0 Å². The van der Waals surface area contributed by atoms with Crippen LogP contribution in [-0.2, 0) is 22.5 Å². The molecule has 102 valence electrons. The fourth-order valence-electron chi connectivity index (χ4n) is 1.70. The van der Waals surface area contributed by atoms with E-state index in [2.05, 4.69) is 9.97 Å². The fraction of sp³-hybridized carbons (Fsp3) is 0.500. The van der Waals surface area contributed by atoms with E-state index < -0.39 is 11.7 Å². The summed E-state index contributed by atoms with van der Waals surface area (Å²) in [6.07, 6.45) is 0.649. The van der Waals surface area contributed by atoms with E-state index in [1.807, 2.05) is 0 Å². The second-order valence-corrected chi connectivity index (χ2v) is 5.58. The monoisotopic (exact) mass is 283 g/mol. The summed E-state index contributed by atoms with van der Waals surface area (Å²) >= 11 is 5.90. The molecule has 0 saturated carbocycles. The molecule has 0 fully saturated rings. The van der Waals surface area contributed by atoms with E-state index in [0.717, 1.165) is 4.90 Å². The number of aromatic nitrogens is 2. The van der Waals surface area contributed by atoms with Gasteiger partial charge in [-0.2, -0.15) is 0 Å². The zero-order chi connectivity index (χ0) is 14.2. The molecule has 0 aliphatic carbocycles. The molecule has 0 bridgehead atoms. The van der Waals surface area contributed by atoms with Crippen molar-refractivity contribution in [1.29, 1.82) is 0 Å². The third-order valence-corrected chi connectivity index (χ3v) is 2.86. The highest BCUT2D eigenvalue weighted by Crippen LogP contribution is 2.24. The predicted molar refractivity (Wildman–Crippen MR) is 67.5 cm³/mol. The smallest absolute Gasteiger partial charge is 0.417 e. The summed E-state index contributed by atoms with van der Waals surface area (Å²) in [6, 6.07) is 0. The lowest BCUT2D eigenvalue weighted by Crippen LogP contribution is -2.44. The highest BCUT2D eigenvalue weighted by Gasteiger charge is 2.33. The van der Waals surface area contributed by atoms with Crippen LogP contribution in [0.3, 0.4) is 0 Å². The standard InChI is InChI=1S/C12H14ClN3O3/c1-12(2,3)19-11(18)16-5-8-7(4-9(16)17)10(13)15-6-14-8/h6H,4-5H2,1-3H3. The molecule has 0 spiro atoms. The van der Waals surface area contributed by atoms with Crippen molar-refractivity contribution < 1.29 is 14.3 Å². The molecular formula is C12H14ClN3O3. The molecule has 0 unspecified atom stereocenters. The van der Waals surface area contributed by atoms with E-state index in [-0.39, 0.29) is 24.0 Å². The van der Waals surface area contributed by atoms with Gasteiger partial charge in [-0.25, -0.2) is 19.7 Å². The SMILES string of the molecule is CC(C)(C)OC(=O)N1Cc2ncnc(Cl)c2CC1=O. The first-order valence-corrected chi connectivity index (χ1v) is 6.17. The van der Waals surface area contributed by atoms with Crippen molar-refractivity contribution in [2.45, 2.75) is 39.3 Å². The van der Waals surface area contributed by atoms with Crippen LogP contribution >= 0.6 is 11.6 Å². The second kappa shape index (κ2) is 4.77. The number of rotatable bonds is 0. The summed E-state index contributed by atoms with van der Waals surface area (Å²) in [5.41, 5.74) is 0.500. The molecule has 1 aliphatic heterocycles. The number of halogens is 1. The van der Waals surface area contributed by atoms with Crippen LogP contribution in [0.15, 0.2) is 6.33 Å². The van der Waals surface area contributed by atoms with Crippen LogP contribution in [0.4, 0.5) is 4.79 Å². The third kappa shape index (κ3) is 3.01. The van der Waals surface area contributed by atoms with Gasteiger partial charge in [0.15, 0.2) is 0 Å². The van der Waals surface area contributed by atoms with Gasteiger partial charge in [0.05, 0.1) is 18.7 Å². The van der Waals surface area contributed by atoms with E-state index in [9.17, 15) is 9.59 Å². The van der Waals surface area contributed by atoms with Crippen molar-refractivity contribution in [3.8, 4) is 0 Å². The van der Waals surface area contributed by atoms with Crippen LogP contribution in [0.1, 0.15) is 32.0 Å². The zero-order valence-corrected chi connectivity index (χ0v) is 11.7. The number of hydrogen-bond donors (Lipinski definition) is 0. The first kappa shape index (κ1) is 13.7. The quantitative estimate of drug-likeness (QED) is 0.681. The van der Waals surface area contributed by atoms with Gasteiger partial charge in [-0.3, -0.25) is 4.79 Å². The average Bonchev–Trinajstić information content (AvgIpc) is 2.27. The van der Waals surface area contributed by atoms with Gasteiger partial charge in [0, 0.05) is 5.56 Å². The van der Waals surface area contributed by atoms with Gasteiger partial charge >= 0.3 is 6.09 Å². The minimum Gasteiger partial charge on any atom is -0.443 e. The number of fused-ring (bicyclic) bond motifs is 1. The van der Waals surface area contributed by atoms with Crippen LogP contribution in [0.2, 0.25) is 5.15 Å². The highest BCUT2D eigenvalue weighted by atomic mass is 35.5. The average molecular weight is 284 g/mol. The molecular weight excluding hydrogens is 270 g/mol. The van der Waals surface area contributed by atoms with E-state index in [1.54, 1.807) is 20.8 Å². The Morgan fingerprint density at radius 3 is 2.74 bits per heavy atom. The first-order chi connectivity index (χ1) is 8.78. The molecule has 2 rings (SSSR count). The van der Waals surface area contributed by atoms with Gasteiger partial charge < -0.3 is 4.74 Å². The van der Waals surface area contributed by atoms with Crippen molar-refractivity contribution in [1.82, 2.24) is 14.9 Å². The maximum atomic E-state index is 11.9. The molecule has 0 saturated heterocycles. The first-order valence-electron chi connectivity index (χ1n) is 5.79. The lowest BCUT2D eigenvalue weighted by molar-refractivity contribution is -0.131. The Morgan fingerprint density at radius 1 is 1.42 bits per heavy atom. The van der Waals surface area contributed by atoms with Crippen molar-refractivity contribution in [2.24, 2.45) is 0 Å². The Bertz CT molecular complexity index is 540. The van der Waals surface area contributed by atoms with Crippen molar-refractivity contribution >= 4 is 23.6 Å². The second-order valence-electron chi connectivity index (χ2n) is 5.23. The molecule has 2 amide bonds. The van der Waals surface area contributed by atoms with Gasteiger partial charge in [0.2, 0.25) is 5.91 Å². The predicted octanol–water partition coefficient (Wildman–Crippen LogP) is 1.95. The summed E-state index contributed by atoms with van der Waals surface area (Å²) in [5.74, 6) is -0.363. The summed E-state index contributed by atoms with van der Waals surface area (Å²) in [4.78, 5) is 32.8. The van der Waals surface area contributed by atoms with Crippen LogP contribution in [0.5, 0.6) is 0 Å². The number of carbonyl (C=O) groups excluding carboxylic acids is 2. The van der Waals surface area contributed by atoms with Gasteiger partial charge in [-0.05, 0) is 20.8 Å². The normalized spacial score (nSPS) is 15.2. The fourth-order valence-corrected chi connectivity index (χ4v) is 1.92. The molecule has 0 aromatic carbocycles. The summed E-state index contributed by atoms with van der Waals surface area (Å²) in [6.45, 7) is 5.29. The molecule has 2 heterocycles. The Labute approximate surface area is 115 Å². The highest BCUT2D eigenvalue weighted by molar-refractivity contribution is 6.30. The Kier molecular flexibility index (Phi) is 3.45. The van der Waals surface area contributed by atoms with E-state index in [1.165, 1.54) is 6.33 Å². The summed E-state index contributed by atoms with van der Waals surface area (Å²) in [7, 11) is 0. The molecule has 0 radical (unpaired) electrons. The van der Waals surface area contributed by atoms with Gasteiger partial charge in [-0.1, -0.05) is 11.6 Å². The number of imide groups is 1. The Balaban J connectivity index is 2.23. The summed E-state index contributed by atoms with van der Waals surface area (Å²) in [5, 5.41) is 0.252. The lowest BCUT2D eigenvalue weighted by Gasteiger charge is -2.29. The zero-order valence-electron chi connectivity index (χ0n) is 10.9. The number of amides is 2. The van der Waals surface area contributed by atoms with E-state index in [4.69, 9.17) is 16.3 Å². The van der Waals surface area contributed by atoms with Gasteiger partial charge in [-0.15, -0.1) is 0 Å². The molecule has 0 atom stereocenters. The van der Waals surface area contributed by atoms with Crippen molar-refractivity contribution in [3.05, 3.63) is 22.7 Å². The lowest BCUT2D eigenvalue weighted by atomic mass is 10.1. The number of carbonyl (C=O) groups is 2. The van der Waals surface area contributed by atoms with Gasteiger partial charge in [0.1, 0.15) is 17.1 Å². The molecule has 19 heavy (non-hydrogen) atoms. The molecule has 0 N–H and O–H groups in total. The topological polar surface area (TPSA) is 72.4 Å². The number of nitrogens with zero attached hydrogens (tertiary/aromatic N) is 3. The minimum atomic E-state index is -0.669. The molecule has 1 aliphatic rings. The number of hydrogen-bond acceptors (Lipinski definition) is 5.